The molecule has 1 aromatic heterocycles. The summed E-state index contributed by atoms with van der Waals surface area (Å²) in [5.74, 6) is 0.368. The van der Waals surface area contributed by atoms with Crippen molar-refractivity contribution in [2.24, 2.45) is 11.7 Å². The van der Waals surface area contributed by atoms with Gasteiger partial charge in [-0.15, -0.1) is 11.3 Å². The lowest BCUT2D eigenvalue weighted by molar-refractivity contribution is 0.294. The summed E-state index contributed by atoms with van der Waals surface area (Å²) < 4.78 is 28.4. The Hall–Kier alpha value is 0.0500. The van der Waals surface area contributed by atoms with Gasteiger partial charge in [-0.1, -0.05) is 19.3 Å². The molecule has 1 heterocycles. The van der Waals surface area contributed by atoms with E-state index in [4.69, 9.17) is 5.73 Å². The van der Waals surface area contributed by atoms with E-state index in [1.54, 1.807) is 11.4 Å². The minimum atomic E-state index is -3.47. The second kappa shape index (κ2) is 6.67. The summed E-state index contributed by atoms with van der Waals surface area (Å²) in [5.41, 5.74) is 5.77. The topological polar surface area (TPSA) is 72.2 Å². The van der Waals surface area contributed by atoms with Crippen molar-refractivity contribution in [1.29, 1.82) is 0 Å². The fourth-order valence-corrected chi connectivity index (χ4v) is 6.27. The van der Waals surface area contributed by atoms with Gasteiger partial charge in [-0.25, -0.2) is 13.1 Å². The summed E-state index contributed by atoms with van der Waals surface area (Å²) in [6.45, 7) is 0.354. The average molecular weight is 367 g/mol. The largest absolute Gasteiger partial charge is 0.329 e. The lowest BCUT2D eigenvalue weighted by Crippen LogP contribution is -2.45. The van der Waals surface area contributed by atoms with E-state index in [2.05, 4.69) is 20.7 Å². The van der Waals surface area contributed by atoms with E-state index in [1.807, 2.05) is 0 Å². The number of hydrogen-bond donors (Lipinski definition) is 2. The summed E-state index contributed by atoms with van der Waals surface area (Å²) in [7, 11) is -3.47. The second-order valence-corrected chi connectivity index (χ2v) is 8.60. The average Bonchev–Trinajstić information content (AvgIpc) is 2.84. The Labute approximate surface area is 127 Å². The molecule has 1 atom stereocenters. The Morgan fingerprint density at radius 1 is 1.42 bits per heavy atom. The molecule has 1 saturated carbocycles. The van der Waals surface area contributed by atoms with Crippen molar-refractivity contribution < 1.29 is 8.42 Å². The monoisotopic (exact) mass is 366 g/mol. The Morgan fingerprint density at radius 2 is 2.11 bits per heavy atom. The van der Waals surface area contributed by atoms with Crippen molar-refractivity contribution in [2.75, 3.05) is 6.54 Å². The van der Waals surface area contributed by atoms with Crippen molar-refractivity contribution in [2.45, 2.75) is 42.4 Å². The minimum Gasteiger partial charge on any atom is -0.329 e. The van der Waals surface area contributed by atoms with Gasteiger partial charge in [0.2, 0.25) is 0 Å². The van der Waals surface area contributed by atoms with Gasteiger partial charge in [0.15, 0.2) is 0 Å². The molecule has 3 N–H and O–H groups in total. The van der Waals surface area contributed by atoms with Crippen LogP contribution in [-0.2, 0) is 10.0 Å². The smallest absolute Gasteiger partial charge is 0.251 e. The van der Waals surface area contributed by atoms with Crippen LogP contribution in [-0.4, -0.2) is 21.0 Å². The zero-order valence-electron chi connectivity index (χ0n) is 10.6. The van der Waals surface area contributed by atoms with Gasteiger partial charge in [0.05, 0.1) is 0 Å². The van der Waals surface area contributed by atoms with Crippen molar-refractivity contribution in [3.63, 3.8) is 0 Å². The van der Waals surface area contributed by atoms with Crippen LogP contribution in [0, 0.1) is 5.92 Å². The summed E-state index contributed by atoms with van der Waals surface area (Å²) in [4.78, 5) is 0. The maximum Gasteiger partial charge on any atom is 0.251 e. The fraction of sp³-hybridized carbons (Fsp3) is 0.667. The molecule has 7 heteroatoms. The number of nitrogens with two attached hydrogens (primary N) is 1. The van der Waals surface area contributed by atoms with E-state index < -0.39 is 10.0 Å². The SMILES string of the molecule is NCC(NS(=O)(=O)c1sccc1Br)C1CCCCC1. The molecule has 0 radical (unpaired) electrons. The van der Waals surface area contributed by atoms with Crippen LogP contribution in [0.2, 0.25) is 0 Å². The normalized spacial score (nSPS) is 19.5. The first-order chi connectivity index (χ1) is 9.04. The molecule has 1 aromatic rings. The summed E-state index contributed by atoms with van der Waals surface area (Å²) in [5, 5.41) is 1.76. The molecule has 19 heavy (non-hydrogen) atoms. The number of hydrogen-bond acceptors (Lipinski definition) is 4. The van der Waals surface area contributed by atoms with Crippen LogP contribution in [0.4, 0.5) is 0 Å². The Kier molecular flexibility index (Phi) is 5.42. The third kappa shape index (κ3) is 3.78. The maximum absolute atomic E-state index is 12.3. The molecule has 0 saturated heterocycles. The number of halogens is 1. The summed E-state index contributed by atoms with van der Waals surface area (Å²) in [6, 6.07) is 1.59. The van der Waals surface area contributed by atoms with E-state index in [-0.39, 0.29) is 6.04 Å². The molecule has 108 valence electrons. The highest BCUT2D eigenvalue weighted by Crippen LogP contribution is 2.30. The van der Waals surface area contributed by atoms with Gasteiger partial charge in [0, 0.05) is 17.1 Å². The molecule has 2 rings (SSSR count). The third-order valence-corrected chi connectivity index (χ3v) is 7.77. The Morgan fingerprint density at radius 3 is 2.63 bits per heavy atom. The number of nitrogens with one attached hydrogen (secondary N) is 1. The van der Waals surface area contributed by atoms with Crippen LogP contribution in [0.15, 0.2) is 20.1 Å². The van der Waals surface area contributed by atoms with E-state index in [0.29, 0.717) is 21.1 Å². The first kappa shape index (κ1) is 15.4. The number of thiophene rings is 1. The van der Waals surface area contributed by atoms with Crippen LogP contribution in [0.5, 0.6) is 0 Å². The van der Waals surface area contributed by atoms with Gasteiger partial charge in [-0.2, -0.15) is 0 Å². The molecule has 1 fully saturated rings. The molecule has 1 aliphatic rings. The molecule has 0 aliphatic heterocycles. The predicted octanol–water partition coefficient (Wildman–Crippen LogP) is 2.70. The molecule has 0 spiro atoms. The maximum atomic E-state index is 12.3. The predicted molar refractivity (Wildman–Crippen MR) is 81.8 cm³/mol. The number of sulfonamides is 1. The fourth-order valence-electron chi connectivity index (χ4n) is 2.60. The van der Waals surface area contributed by atoms with Crippen molar-refractivity contribution >= 4 is 37.3 Å². The highest BCUT2D eigenvalue weighted by atomic mass is 79.9. The van der Waals surface area contributed by atoms with Crippen molar-refractivity contribution in [3.8, 4) is 0 Å². The molecule has 4 nitrogen and oxygen atoms in total. The molecule has 1 unspecified atom stereocenters. The molecule has 0 bridgehead atoms. The van der Waals surface area contributed by atoms with Crippen LogP contribution in [0.3, 0.4) is 0 Å². The van der Waals surface area contributed by atoms with Crippen molar-refractivity contribution in [1.82, 2.24) is 4.72 Å². The van der Waals surface area contributed by atoms with Gasteiger partial charge >= 0.3 is 0 Å². The quantitative estimate of drug-likeness (QED) is 0.841. The van der Waals surface area contributed by atoms with Crippen LogP contribution >= 0.6 is 27.3 Å². The second-order valence-electron chi connectivity index (χ2n) is 4.92. The molecular formula is C12H19BrN2O2S2. The Bertz CT molecular complexity index is 510. The lowest BCUT2D eigenvalue weighted by Gasteiger charge is -2.29. The summed E-state index contributed by atoms with van der Waals surface area (Å²) in [6.07, 6.45) is 5.72. The van der Waals surface area contributed by atoms with Gasteiger partial charge in [0.1, 0.15) is 4.21 Å². The van der Waals surface area contributed by atoms with Crippen LogP contribution in [0.1, 0.15) is 32.1 Å². The first-order valence-electron chi connectivity index (χ1n) is 6.50. The van der Waals surface area contributed by atoms with Gasteiger partial charge in [0.25, 0.3) is 10.0 Å². The zero-order valence-corrected chi connectivity index (χ0v) is 13.9. The van der Waals surface area contributed by atoms with Crippen LogP contribution < -0.4 is 10.5 Å². The van der Waals surface area contributed by atoms with E-state index in [0.717, 1.165) is 12.8 Å². The highest BCUT2D eigenvalue weighted by Gasteiger charge is 2.28. The minimum absolute atomic E-state index is 0.153. The lowest BCUT2D eigenvalue weighted by atomic mass is 9.84. The molecule has 0 aromatic carbocycles. The first-order valence-corrected chi connectivity index (χ1v) is 9.65. The molecular weight excluding hydrogens is 348 g/mol. The van der Waals surface area contributed by atoms with Gasteiger partial charge in [-0.3, -0.25) is 0 Å². The van der Waals surface area contributed by atoms with Crippen molar-refractivity contribution in [3.05, 3.63) is 15.9 Å². The van der Waals surface area contributed by atoms with Crippen LogP contribution in [0.25, 0.3) is 0 Å². The molecule has 1 aliphatic carbocycles. The summed E-state index contributed by atoms with van der Waals surface area (Å²) >= 11 is 4.49. The van der Waals surface area contributed by atoms with Gasteiger partial charge in [-0.05, 0) is 46.1 Å². The zero-order chi connectivity index (χ0) is 13.9. The highest BCUT2D eigenvalue weighted by molar-refractivity contribution is 9.10. The van der Waals surface area contributed by atoms with E-state index >= 15 is 0 Å². The van der Waals surface area contributed by atoms with E-state index in [9.17, 15) is 8.42 Å². The van der Waals surface area contributed by atoms with E-state index in [1.165, 1.54) is 30.6 Å². The molecule has 0 amide bonds. The number of rotatable bonds is 5. The third-order valence-electron chi connectivity index (χ3n) is 3.61. The van der Waals surface area contributed by atoms with Gasteiger partial charge < -0.3 is 5.73 Å². The Balaban J connectivity index is 2.11. The standard InChI is InChI=1S/C12H19BrN2O2S2/c13-10-6-7-18-12(10)19(16,17)15-11(8-14)9-4-2-1-3-5-9/h6-7,9,11,15H,1-5,8,14H2.